The molecule has 2 atom stereocenters. The van der Waals surface area contributed by atoms with Crippen LogP contribution in [0.15, 0.2) is 24.7 Å². The van der Waals surface area contributed by atoms with E-state index in [1.54, 1.807) is 6.07 Å². The molecule has 1 saturated carbocycles. The van der Waals surface area contributed by atoms with Gasteiger partial charge in [-0.1, -0.05) is 0 Å². The van der Waals surface area contributed by atoms with Gasteiger partial charge < -0.3 is 31.1 Å². The third-order valence-corrected chi connectivity index (χ3v) is 6.99. The highest BCUT2D eigenvalue weighted by molar-refractivity contribution is 5.98. The lowest BCUT2D eigenvalue weighted by Gasteiger charge is -2.36. The highest BCUT2D eigenvalue weighted by Crippen LogP contribution is 2.43. The average molecular weight is 563 g/mol. The summed E-state index contributed by atoms with van der Waals surface area (Å²) in [5.41, 5.74) is 7.59. The number of aromatic nitrogens is 4. The molecule has 4 heterocycles. The van der Waals surface area contributed by atoms with Gasteiger partial charge in [0.15, 0.2) is 5.82 Å². The largest absolute Gasteiger partial charge is 0.480 e. The molecule has 1 aliphatic carbocycles. The number of nitrogen functional groups attached to an aromatic ring is 1. The molecule has 2 aliphatic rings. The molecule has 0 spiro atoms. The summed E-state index contributed by atoms with van der Waals surface area (Å²) in [5.74, 6) is -4.98. The summed E-state index contributed by atoms with van der Waals surface area (Å²) in [4.78, 5) is 46.1. The number of nitrogens with zero attached hydrogens (tertiary/aromatic N) is 5. The minimum atomic E-state index is -2.88. The number of rotatable bonds is 7. The highest BCUT2D eigenvalue weighted by Gasteiger charge is 2.51. The Kier molecular flexibility index (Phi) is 6.85. The number of carbonyl (C=O) groups is 3. The van der Waals surface area contributed by atoms with Crippen LogP contribution < -0.4 is 21.1 Å². The molecule has 212 valence electrons. The van der Waals surface area contributed by atoms with Crippen molar-refractivity contribution in [2.45, 2.75) is 37.5 Å². The number of carboxylic acid groups (broad SMARTS) is 1. The number of carbonyl (C=O) groups excluding carboxylic acids is 2. The van der Waals surface area contributed by atoms with E-state index in [0.29, 0.717) is 22.3 Å². The lowest BCUT2D eigenvalue weighted by Crippen LogP contribution is -2.47. The normalized spacial score (nSPS) is 20.2. The lowest BCUT2D eigenvalue weighted by atomic mass is 9.80. The van der Waals surface area contributed by atoms with Gasteiger partial charge in [0.1, 0.15) is 23.6 Å². The molecule has 2 unspecified atom stereocenters. The number of fused-ring (bicyclic) bond motifs is 1. The van der Waals surface area contributed by atoms with Gasteiger partial charge in [0, 0.05) is 49.2 Å². The Balaban J connectivity index is 1.39. The number of nitrogens with one attached hydrogen (secondary N) is 2. The summed E-state index contributed by atoms with van der Waals surface area (Å²) in [6.45, 7) is -0.574. The predicted octanol–water partition coefficient (Wildman–Crippen LogP) is 1.47. The standard InChI is InChI=1S/C24H25F3N8O5/c1-40-21-14(20(36)33-16-9-34(8-15(16)25)22(37)13-4-24(26,27)5-13)2-11(6-29-21)17-3-12(7-30-23(38)39)18-19(28)31-10-32-35(17)18/h2-3,6,10,13,15-16,30H,4-5,7-9H2,1H3,(H,33,36)(H,38,39)(H2,28,31,32). The van der Waals surface area contributed by atoms with Crippen molar-refractivity contribution in [3.8, 4) is 17.1 Å². The number of halogens is 3. The van der Waals surface area contributed by atoms with Gasteiger partial charge in [0.25, 0.3) is 5.91 Å². The molecule has 13 nitrogen and oxygen atoms in total. The van der Waals surface area contributed by atoms with Gasteiger partial charge in [-0.2, -0.15) is 5.10 Å². The fourth-order valence-corrected chi connectivity index (χ4v) is 4.99. The molecule has 16 heteroatoms. The number of methoxy groups -OCH3 is 1. The highest BCUT2D eigenvalue weighted by atomic mass is 19.3. The summed E-state index contributed by atoms with van der Waals surface area (Å²) < 4.78 is 47.8. The number of likely N-dealkylation sites (tertiary alicyclic amines) is 1. The van der Waals surface area contributed by atoms with Crippen molar-refractivity contribution in [3.05, 3.63) is 35.8 Å². The zero-order valence-corrected chi connectivity index (χ0v) is 21.1. The van der Waals surface area contributed by atoms with Gasteiger partial charge in [0.05, 0.1) is 25.4 Å². The van der Waals surface area contributed by atoms with Crippen LogP contribution in [0.5, 0.6) is 5.88 Å². The molecular weight excluding hydrogens is 537 g/mol. The molecule has 40 heavy (non-hydrogen) atoms. The summed E-state index contributed by atoms with van der Waals surface area (Å²) >= 11 is 0. The van der Waals surface area contributed by atoms with E-state index in [2.05, 4.69) is 25.7 Å². The molecule has 5 N–H and O–H groups in total. The molecule has 3 aromatic rings. The fourth-order valence-electron chi connectivity index (χ4n) is 4.99. The monoisotopic (exact) mass is 562 g/mol. The first-order chi connectivity index (χ1) is 19.0. The Morgan fingerprint density at radius 2 is 1.98 bits per heavy atom. The Hall–Kier alpha value is -4.63. The molecule has 0 radical (unpaired) electrons. The molecule has 2 fully saturated rings. The van der Waals surface area contributed by atoms with Crippen molar-refractivity contribution >= 4 is 29.2 Å². The van der Waals surface area contributed by atoms with Crippen LogP contribution in [-0.4, -0.2) is 85.8 Å². The molecule has 3 aromatic heterocycles. The van der Waals surface area contributed by atoms with Crippen LogP contribution in [0.4, 0.5) is 23.8 Å². The van der Waals surface area contributed by atoms with Crippen LogP contribution in [0.2, 0.25) is 0 Å². The van der Waals surface area contributed by atoms with Crippen molar-refractivity contribution in [2.24, 2.45) is 5.92 Å². The van der Waals surface area contributed by atoms with Crippen LogP contribution >= 0.6 is 0 Å². The van der Waals surface area contributed by atoms with Crippen LogP contribution in [0, 0.1) is 5.92 Å². The maximum Gasteiger partial charge on any atom is 0.404 e. The van der Waals surface area contributed by atoms with Gasteiger partial charge in [0.2, 0.25) is 17.7 Å². The van der Waals surface area contributed by atoms with Crippen molar-refractivity contribution in [1.82, 2.24) is 35.1 Å². The summed E-state index contributed by atoms with van der Waals surface area (Å²) in [6, 6.07) is 1.99. The number of pyridine rings is 1. The molecule has 0 aromatic carbocycles. The minimum absolute atomic E-state index is 0.0437. The Morgan fingerprint density at radius 3 is 2.65 bits per heavy atom. The maximum absolute atomic E-state index is 14.8. The van der Waals surface area contributed by atoms with E-state index in [4.69, 9.17) is 15.6 Å². The molecule has 1 aliphatic heterocycles. The van der Waals surface area contributed by atoms with Crippen LogP contribution in [0.25, 0.3) is 16.8 Å². The summed E-state index contributed by atoms with van der Waals surface area (Å²) in [6.07, 6.45) is -1.36. The molecule has 1 saturated heterocycles. The Morgan fingerprint density at radius 1 is 1.23 bits per heavy atom. The third kappa shape index (κ3) is 5.03. The second kappa shape index (κ2) is 10.2. The van der Waals surface area contributed by atoms with E-state index in [1.165, 1.54) is 30.2 Å². The molecular formula is C24H25F3N8O5. The number of hydrogen-bond acceptors (Lipinski definition) is 8. The number of amides is 3. The van der Waals surface area contributed by atoms with E-state index in [1.807, 2.05) is 0 Å². The number of alkyl halides is 3. The van der Waals surface area contributed by atoms with E-state index in [-0.39, 0.29) is 36.9 Å². The first-order valence-electron chi connectivity index (χ1n) is 12.2. The van der Waals surface area contributed by atoms with E-state index in [9.17, 15) is 27.6 Å². The first-order valence-corrected chi connectivity index (χ1v) is 12.2. The second-order valence-corrected chi connectivity index (χ2v) is 9.70. The number of ether oxygens (including phenoxy) is 1. The molecule has 5 rings (SSSR count). The van der Waals surface area contributed by atoms with Gasteiger partial charge in [-0.3, -0.25) is 9.59 Å². The van der Waals surface area contributed by atoms with E-state index >= 15 is 0 Å². The smallest absolute Gasteiger partial charge is 0.404 e. The summed E-state index contributed by atoms with van der Waals surface area (Å²) in [7, 11) is 1.30. The molecule has 3 amide bonds. The van der Waals surface area contributed by atoms with Gasteiger partial charge in [-0.15, -0.1) is 0 Å². The number of anilines is 1. The predicted molar refractivity (Wildman–Crippen MR) is 132 cm³/mol. The lowest BCUT2D eigenvalue weighted by molar-refractivity contribution is -0.159. The number of hydrogen-bond donors (Lipinski definition) is 4. The van der Waals surface area contributed by atoms with Gasteiger partial charge >= 0.3 is 6.09 Å². The number of nitrogens with two attached hydrogens (primary N) is 1. The topological polar surface area (TPSA) is 177 Å². The van der Waals surface area contributed by atoms with E-state index < -0.39 is 54.8 Å². The average Bonchev–Trinajstić information content (AvgIpc) is 3.46. The molecule has 0 bridgehead atoms. The van der Waals surface area contributed by atoms with Crippen molar-refractivity contribution in [3.63, 3.8) is 0 Å². The van der Waals surface area contributed by atoms with Gasteiger partial charge in [-0.05, 0) is 12.1 Å². The zero-order chi connectivity index (χ0) is 28.8. The van der Waals surface area contributed by atoms with Crippen molar-refractivity contribution in [2.75, 3.05) is 25.9 Å². The van der Waals surface area contributed by atoms with Crippen LogP contribution in [-0.2, 0) is 11.3 Å². The second-order valence-electron chi connectivity index (χ2n) is 9.70. The summed E-state index contributed by atoms with van der Waals surface area (Å²) in [5, 5.41) is 18.0. The maximum atomic E-state index is 14.8. The Bertz CT molecular complexity index is 1490. The van der Waals surface area contributed by atoms with Crippen LogP contribution in [0.1, 0.15) is 28.8 Å². The van der Waals surface area contributed by atoms with Crippen molar-refractivity contribution < 1.29 is 37.4 Å². The minimum Gasteiger partial charge on any atom is -0.480 e. The zero-order valence-electron chi connectivity index (χ0n) is 21.1. The quantitative estimate of drug-likeness (QED) is 0.332. The van der Waals surface area contributed by atoms with Crippen LogP contribution in [0.3, 0.4) is 0 Å². The van der Waals surface area contributed by atoms with Crippen molar-refractivity contribution in [1.29, 1.82) is 0 Å². The SMILES string of the molecule is COc1ncc(-c2cc(CNC(=O)O)c3c(N)ncnn23)cc1C(=O)NC1CN(C(=O)C2CC(F)(F)C2)CC1F. The fraction of sp³-hybridized carbons (Fsp3) is 0.417. The Labute approximate surface area is 224 Å². The van der Waals surface area contributed by atoms with Gasteiger partial charge in [-0.25, -0.2) is 32.4 Å². The first kappa shape index (κ1) is 27.0. The third-order valence-electron chi connectivity index (χ3n) is 6.99. The van der Waals surface area contributed by atoms with E-state index in [0.717, 1.165) is 4.90 Å².